The molecule has 0 saturated heterocycles. The minimum absolute atomic E-state index is 0.182. The van der Waals surface area contributed by atoms with E-state index in [0.29, 0.717) is 0 Å². The number of hydrogen-bond acceptors (Lipinski definition) is 3. The van der Waals surface area contributed by atoms with Gasteiger partial charge in [-0.25, -0.2) is 0 Å². The smallest absolute Gasteiger partial charge is 0.145 e. The van der Waals surface area contributed by atoms with Gasteiger partial charge < -0.3 is 13.9 Å². The highest BCUT2D eigenvalue weighted by Gasteiger charge is 2.45. The molecule has 3 nitrogen and oxygen atoms in total. The number of nitrogens with zero attached hydrogens (tertiary/aromatic N) is 2. The summed E-state index contributed by atoms with van der Waals surface area (Å²) in [4.78, 5) is 2.54. The molecule has 0 amide bonds. The summed E-state index contributed by atoms with van der Waals surface area (Å²) in [6.07, 6.45) is 5.81. The Labute approximate surface area is 309 Å². The zero-order chi connectivity index (χ0) is 34.8. The van der Waals surface area contributed by atoms with Crippen molar-refractivity contribution in [2.45, 2.75) is 18.9 Å². The number of para-hydroxylation sites is 4. The first-order valence-corrected chi connectivity index (χ1v) is 19.1. The number of rotatable bonds is 3. The van der Waals surface area contributed by atoms with Gasteiger partial charge in [-0.3, -0.25) is 0 Å². The fraction of sp³-hybridized carbons (Fsp3) is 0.0612. The van der Waals surface area contributed by atoms with Crippen molar-refractivity contribution in [3.05, 3.63) is 175 Å². The van der Waals surface area contributed by atoms with Crippen molar-refractivity contribution in [3.8, 4) is 5.69 Å². The third-order valence-electron chi connectivity index (χ3n) is 11.7. The van der Waals surface area contributed by atoms with Crippen LogP contribution in [0.5, 0.6) is 0 Å². The maximum Gasteiger partial charge on any atom is 0.145 e. The molecule has 0 saturated carbocycles. The van der Waals surface area contributed by atoms with E-state index in [0.717, 1.165) is 28.7 Å². The standard InChI is InChI=1S/C49H32N2OS/c1-49-27-26-31(28-38(49)34-18-8-11-21-39(34)51(49)33-16-6-3-7-17-33)30-24-25-35-40(29-30)50(32-14-4-2-5-15-32)46-43(35)44-36-19-9-12-22-41(36)52-47(44)45-37-20-10-13-23-42(37)53-48(45)46/h2-26,28-29H,27H2,1H3. The molecule has 0 radical (unpaired) electrons. The number of anilines is 2. The average molecular weight is 697 g/mol. The molecule has 1 unspecified atom stereocenters. The minimum Gasteiger partial charge on any atom is -0.455 e. The first kappa shape index (κ1) is 29.2. The van der Waals surface area contributed by atoms with Gasteiger partial charge in [-0.15, -0.1) is 11.3 Å². The summed E-state index contributed by atoms with van der Waals surface area (Å²) in [5.41, 5.74) is 13.0. The minimum atomic E-state index is -0.182. The highest BCUT2D eigenvalue weighted by Crippen LogP contribution is 2.56. The number of allylic oxidation sites excluding steroid dienone is 2. The summed E-state index contributed by atoms with van der Waals surface area (Å²) < 4.78 is 11.9. The van der Waals surface area contributed by atoms with Crippen LogP contribution in [0.25, 0.3) is 80.8 Å². The zero-order valence-corrected chi connectivity index (χ0v) is 29.8. The molecule has 1 atom stereocenters. The van der Waals surface area contributed by atoms with E-state index in [9.17, 15) is 0 Å². The lowest BCUT2D eigenvalue weighted by Gasteiger charge is -2.39. The predicted molar refractivity (Wildman–Crippen MR) is 225 cm³/mol. The molecule has 250 valence electrons. The Morgan fingerprint density at radius 3 is 2.21 bits per heavy atom. The number of thiophene rings is 1. The van der Waals surface area contributed by atoms with Crippen LogP contribution in [0.4, 0.5) is 11.4 Å². The SMILES string of the molecule is CC12CC=C(c3ccc4c5c6c7ccccc7oc6c6c7ccccc7sc6c5n(-c5ccccc5)c4c3)C=C1c1ccccc1N2c1ccccc1. The number of hydrogen-bond donors (Lipinski definition) is 0. The summed E-state index contributed by atoms with van der Waals surface area (Å²) in [6, 6.07) is 55.0. The highest BCUT2D eigenvalue weighted by molar-refractivity contribution is 7.27. The molecule has 10 aromatic rings. The van der Waals surface area contributed by atoms with Crippen LogP contribution in [0.2, 0.25) is 0 Å². The molecule has 1 aliphatic carbocycles. The van der Waals surface area contributed by atoms with Crippen molar-refractivity contribution in [2.75, 3.05) is 4.90 Å². The number of benzene rings is 7. The normalized spacial score (nSPS) is 17.0. The van der Waals surface area contributed by atoms with Crippen LogP contribution < -0.4 is 4.90 Å². The summed E-state index contributed by atoms with van der Waals surface area (Å²) in [5, 5.41) is 7.28. The van der Waals surface area contributed by atoms with Crippen LogP contribution in [0.3, 0.4) is 0 Å². The van der Waals surface area contributed by atoms with Crippen LogP contribution in [0.1, 0.15) is 24.5 Å². The van der Waals surface area contributed by atoms with Gasteiger partial charge in [-0.1, -0.05) is 109 Å². The molecule has 2 aliphatic rings. The molecule has 12 rings (SSSR count). The summed E-state index contributed by atoms with van der Waals surface area (Å²) in [6.45, 7) is 2.40. The van der Waals surface area contributed by atoms with Crippen LogP contribution in [-0.2, 0) is 0 Å². The van der Waals surface area contributed by atoms with Gasteiger partial charge in [0.25, 0.3) is 0 Å². The van der Waals surface area contributed by atoms with E-state index in [1.807, 2.05) is 11.3 Å². The maximum atomic E-state index is 6.82. The summed E-state index contributed by atoms with van der Waals surface area (Å²) in [7, 11) is 0. The maximum absolute atomic E-state index is 6.82. The van der Waals surface area contributed by atoms with Crippen molar-refractivity contribution in [2.24, 2.45) is 0 Å². The molecule has 0 fully saturated rings. The lowest BCUT2D eigenvalue weighted by Crippen LogP contribution is -2.40. The van der Waals surface area contributed by atoms with Gasteiger partial charge in [-0.2, -0.15) is 0 Å². The van der Waals surface area contributed by atoms with Crippen molar-refractivity contribution in [1.29, 1.82) is 0 Å². The Bertz CT molecular complexity index is 3210. The van der Waals surface area contributed by atoms with Crippen LogP contribution in [-0.4, -0.2) is 10.1 Å². The fourth-order valence-electron chi connectivity index (χ4n) is 9.42. The molecule has 0 bridgehead atoms. The molecule has 0 spiro atoms. The Kier molecular flexibility index (Phi) is 5.85. The molecule has 1 aliphatic heterocycles. The molecule has 0 N–H and O–H groups in total. The monoisotopic (exact) mass is 696 g/mol. The van der Waals surface area contributed by atoms with E-state index in [1.54, 1.807) is 0 Å². The van der Waals surface area contributed by atoms with E-state index >= 15 is 0 Å². The molecule has 4 heterocycles. The van der Waals surface area contributed by atoms with E-state index < -0.39 is 0 Å². The quantitative estimate of drug-likeness (QED) is 0.183. The molecule has 7 aromatic carbocycles. The second-order valence-corrected chi connectivity index (χ2v) is 15.7. The van der Waals surface area contributed by atoms with Crippen molar-refractivity contribution >= 4 is 97.8 Å². The highest BCUT2D eigenvalue weighted by atomic mass is 32.1. The second kappa shape index (κ2) is 10.6. The molecular weight excluding hydrogens is 665 g/mol. The summed E-state index contributed by atoms with van der Waals surface area (Å²) >= 11 is 1.87. The molecule has 4 heteroatoms. The Morgan fingerprint density at radius 1 is 0.642 bits per heavy atom. The van der Waals surface area contributed by atoms with E-state index in [-0.39, 0.29) is 5.54 Å². The van der Waals surface area contributed by atoms with Crippen molar-refractivity contribution < 1.29 is 4.42 Å². The largest absolute Gasteiger partial charge is 0.455 e. The Hall–Kier alpha value is -6.36. The van der Waals surface area contributed by atoms with Gasteiger partial charge in [0.1, 0.15) is 11.2 Å². The Balaban J connectivity index is 1.16. The second-order valence-electron chi connectivity index (χ2n) is 14.6. The lowest BCUT2D eigenvalue weighted by molar-refractivity contribution is 0.608. The topological polar surface area (TPSA) is 21.3 Å². The fourth-order valence-corrected chi connectivity index (χ4v) is 10.7. The average Bonchev–Trinajstić information content (AvgIpc) is 3.94. The van der Waals surface area contributed by atoms with Crippen molar-refractivity contribution in [1.82, 2.24) is 4.57 Å². The van der Waals surface area contributed by atoms with Crippen LogP contribution in [0, 0.1) is 0 Å². The number of fused-ring (bicyclic) bond motifs is 15. The molecule has 53 heavy (non-hydrogen) atoms. The van der Waals surface area contributed by atoms with E-state index in [2.05, 4.69) is 180 Å². The van der Waals surface area contributed by atoms with Crippen molar-refractivity contribution in [3.63, 3.8) is 0 Å². The van der Waals surface area contributed by atoms with Crippen LogP contribution in [0.15, 0.2) is 168 Å². The van der Waals surface area contributed by atoms with Gasteiger partial charge in [-0.05, 0) is 84.7 Å². The van der Waals surface area contributed by atoms with E-state index in [1.165, 1.54) is 81.0 Å². The zero-order valence-electron chi connectivity index (χ0n) is 29.0. The molecule has 3 aromatic heterocycles. The van der Waals surface area contributed by atoms with E-state index in [4.69, 9.17) is 4.42 Å². The van der Waals surface area contributed by atoms with Gasteiger partial charge in [0.05, 0.1) is 21.3 Å². The first-order chi connectivity index (χ1) is 26.2. The third-order valence-corrected chi connectivity index (χ3v) is 12.9. The van der Waals surface area contributed by atoms with Crippen LogP contribution >= 0.6 is 11.3 Å². The third kappa shape index (κ3) is 3.88. The first-order valence-electron chi connectivity index (χ1n) is 18.3. The Morgan fingerprint density at radius 2 is 1.36 bits per heavy atom. The molecular formula is C49H32N2OS. The number of furan rings is 1. The van der Waals surface area contributed by atoms with Gasteiger partial charge >= 0.3 is 0 Å². The van der Waals surface area contributed by atoms with Gasteiger partial charge in [0, 0.05) is 59.6 Å². The summed E-state index contributed by atoms with van der Waals surface area (Å²) in [5.74, 6) is 0. The number of aromatic nitrogens is 1. The predicted octanol–water partition coefficient (Wildman–Crippen LogP) is 13.8. The van der Waals surface area contributed by atoms with Gasteiger partial charge in [0.15, 0.2) is 0 Å². The lowest BCUT2D eigenvalue weighted by atomic mass is 9.80. The van der Waals surface area contributed by atoms with Gasteiger partial charge in [0.2, 0.25) is 0 Å².